The van der Waals surface area contributed by atoms with Gasteiger partial charge in [-0.15, -0.1) is 0 Å². The van der Waals surface area contributed by atoms with E-state index >= 15 is 0 Å². The zero-order valence-corrected chi connectivity index (χ0v) is 29.3. The van der Waals surface area contributed by atoms with Crippen LogP contribution in [0.5, 0.6) is 0 Å². The van der Waals surface area contributed by atoms with Gasteiger partial charge in [0.05, 0.1) is 22.0 Å². The number of fused-ring (bicyclic) bond motifs is 3. The Morgan fingerprint density at radius 1 is 0.473 bits per heavy atom. The van der Waals surface area contributed by atoms with Crippen LogP contribution in [0.25, 0.3) is 93.9 Å². The number of nitrogens with zero attached hydrogens (tertiary/aromatic N) is 2. The first-order valence-corrected chi connectivity index (χ1v) is 17.9. The standard InChI is InChI=1S/C53H38N2/c1-2-51-54-49-23-13-14-24-50(49)55(51)44-31-29-39(30-32-44)38-25-27-40(28-26-38)52-45-19-9-11-21-47(45)53(48-22-12-10-20-46(48)52)43-34-41(36-15-5-3-6-16-36)33-42(35-43)37-17-7-4-8-18-37/h3-35H,2H2,1H3/i1D3,2D2,9D,10D,11D,12D,19D,20D,21D,22D. The summed E-state index contributed by atoms with van der Waals surface area (Å²) < 4.78 is 116. The average Bonchev–Trinajstić information content (AvgIpc) is 3.76. The van der Waals surface area contributed by atoms with Crippen molar-refractivity contribution in [3.8, 4) is 61.3 Å². The molecule has 0 saturated carbocycles. The molecule has 9 aromatic carbocycles. The van der Waals surface area contributed by atoms with E-state index in [1.807, 2.05) is 103 Å². The van der Waals surface area contributed by atoms with Crippen LogP contribution in [-0.4, -0.2) is 9.55 Å². The van der Waals surface area contributed by atoms with Crippen molar-refractivity contribution < 1.29 is 17.8 Å². The van der Waals surface area contributed by atoms with Gasteiger partial charge in [0.15, 0.2) is 0 Å². The Kier molecular flexibility index (Phi) is 5.40. The highest BCUT2D eigenvalue weighted by Crippen LogP contribution is 2.45. The summed E-state index contributed by atoms with van der Waals surface area (Å²) in [4.78, 5) is 4.42. The number of benzene rings is 9. The highest BCUT2D eigenvalue weighted by atomic mass is 15.1. The highest BCUT2D eigenvalue weighted by Gasteiger charge is 2.18. The van der Waals surface area contributed by atoms with Crippen molar-refractivity contribution in [3.05, 3.63) is 206 Å². The number of rotatable bonds is 7. The Morgan fingerprint density at radius 3 is 1.45 bits per heavy atom. The molecule has 1 aromatic heterocycles. The summed E-state index contributed by atoms with van der Waals surface area (Å²) in [6.45, 7) is -2.99. The lowest BCUT2D eigenvalue weighted by Gasteiger charge is -2.19. The second kappa shape index (κ2) is 13.7. The fraction of sp³-hybridized carbons (Fsp3) is 0.0377. The highest BCUT2D eigenvalue weighted by molar-refractivity contribution is 6.21. The third-order valence-corrected chi connectivity index (χ3v) is 10.1. The molecule has 0 amide bonds. The third kappa shape index (κ3) is 5.80. The molecule has 0 unspecified atom stereocenters. The van der Waals surface area contributed by atoms with Gasteiger partial charge in [0, 0.05) is 18.9 Å². The lowest BCUT2D eigenvalue weighted by atomic mass is 9.84. The van der Waals surface area contributed by atoms with E-state index in [4.69, 9.17) is 12.3 Å². The van der Waals surface area contributed by atoms with Crippen LogP contribution in [0.15, 0.2) is 200 Å². The Labute approximate surface area is 339 Å². The molecule has 0 aliphatic carbocycles. The lowest BCUT2D eigenvalue weighted by molar-refractivity contribution is 0.908. The van der Waals surface area contributed by atoms with Gasteiger partial charge in [0.25, 0.3) is 0 Å². The summed E-state index contributed by atoms with van der Waals surface area (Å²) in [7, 11) is 0. The molecule has 10 aromatic rings. The molecule has 0 aliphatic heterocycles. The molecular weight excluding hydrogens is 665 g/mol. The van der Waals surface area contributed by atoms with E-state index in [-0.39, 0.29) is 62.7 Å². The lowest BCUT2D eigenvalue weighted by Crippen LogP contribution is -1.99. The smallest absolute Gasteiger partial charge is 0.114 e. The summed E-state index contributed by atoms with van der Waals surface area (Å²) in [6, 6.07) is 43.1. The Balaban J connectivity index is 1.20. The molecular formula is C53H38N2. The molecule has 55 heavy (non-hydrogen) atoms. The molecule has 0 bridgehead atoms. The molecule has 0 fully saturated rings. The first-order chi connectivity index (χ1) is 32.5. The minimum absolute atomic E-state index is 0.104. The van der Waals surface area contributed by atoms with Gasteiger partial charge in [-0.25, -0.2) is 4.98 Å². The van der Waals surface area contributed by atoms with Gasteiger partial charge in [-0.3, -0.25) is 4.57 Å². The van der Waals surface area contributed by atoms with Gasteiger partial charge in [0.2, 0.25) is 0 Å². The number of para-hydroxylation sites is 2. The predicted octanol–water partition coefficient (Wildman–Crippen LogP) is 14.2. The molecule has 0 aliphatic rings. The Hall–Kier alpha value is -7.03. The quantitative estimate of drug-likeness (QED) is 0.150. The van der Waals surface area contributed by atoms with Crippen LogP contribution in [0.1, 0.15) is 30.5 Å². The van der Waals surface area contributed by atoms with Crippen LogP contribution < -0.4 is 0 Å². The first-order valence-electron chi connectivity index (χ1n) is 24.4. The van der Waals surface area contributed by atoms with Gasteiger partial charge < -0.3 is 0 Å². The van der Waals surface area contributed by atoms with Crippen LogP contribution in [0.4, 0.5) is 0 Å². The molecule has 0 radical (unpaired) electrons. The Bertz CT molecular complexity index is 3500. The number of aryl methyl sites for hydroxylation is 1. The Morgan fingerprint density at radius 2 is 0.909 bits per heavy atom. The number of hydrogen-bond acceptors (Lipinski definition) is 1. The van der Waals surface area contributed by atoms with Crippen LogP contribution in [0, 0.1) is 0 Å². The second-order valence-electron chi connectivity index (χ2n) is 13.3. The maximum absolute atomic E-state index is 9.51. The maximum atomic E-state index is 9.51. The third-order valence-electron chi connectivity index (χ3n) is 10.1. The molecule has 0 N–H and O–H groups in total. The maximum Gasteiger partial charge on any atom is 0.114 e. The minimum Gasteiger partial charge on any atom is -0.296 e. The molecule has 0 spiro atoms. The molecule has 2 nitrogen and oxygen atoms in total. The fourth-order valence-corrected chi connectivity index (χ4v) is 7.57. The van der Waals surface area contributed by atoms with Crippen LogP contribution in [0.2, 0.25) is 0 Å². The van der Waals surface area contributed by atoms with E-state index in [0.717, 1.165) is 33.4 Å². The summed E-state index contributed by atoms with van der Waals surface area (Å²) in [6.07, 6.45) is -2.77. The molecule has 10 rings (SSSR count). The molecule has 260 valence electrons. The summed E-state index contributed by atoms with van der Waals surface area (Å²) in [5.74, 6) is -0.252. The number of hydrogen-bond donors (Lipinski definition) is 0. The van der Waals surface area contributed by atoms with Gasteiger partial charge in [0.1, 0.15) is 5.82 Å². The van der Waals surface area contributed by atoms with Gasteiger partial charge >= 0.3 is 0 Å². The van der Waals surface area contributed by atoms with E-state index in [1.165, 1.54) is 4.57 Å². The van der Waals surface area contributed by atoms with E-state index in [9.17, 15) is 5.48 Å². The fourth-order valence-electron chi connectivity index (χ4n) is 7.57. The SMILES string of the molecule is [2H]c1c([2H])c([2H])c2c(-c3cc(-c4ccccc4)cc(-c4ccccc4)c3)c3c([2H])c([2H])c([2H])c([2H])c3c(-c3ccc(-c4ccc(-n5c(C([2H])([2H])C([2H])([2H])[2H])nc6ccccc65)cc4)cc3)c2c1[2H]. The topological polar surface area (TPSA) is 17.8 Å². The van der Waals surface area contributed by atoms with Crippen molar-refractivity contribution in [1.29, 1.82) is 0 Å². The van der Waals surface area contributed by atoms with Crippen molar-refractivity contribution in [2.75, 3.05) is 0 Å². The van der Waals surface area contributed by atoms with Crippen molar-refractivity contribution >= 4 is 32.6 Å². The predicted molar refractivity (Wildman–Crippen MR) is 233 cm³/mol. The van der Waals surface area contributed by atoms with Gasteiger partial charge in [-0.05, 0) is 120 Å². The van der Waals surface area contributed by atoms with E-state index in [2.05, 4.69) is 4.98 Å². The first kappa shape index (κ1) is 21.6. The van der Waals surface area contributed by atoms with Crippen molar-refractivity contribution in [1.82, 2.24) is 9.55 Å². The van der Waals surface area contributed by atoms with Crippen LogP contribution in [-0.2, 0) is 6.37 Å². The normalized spacial score (nSPS) is 15.3. The molecule has 0 atom stereocenters. The average molecular weight is 716 g/mol. The summed E-state index contributed by atoms with van der Waals surface area (Å²) in [5.41, 5.74) is 7.74. The van der Waals surface area contributed by atoms with E-state index < -0.39 is 37.4 Å². The van der Waals surface area contributed by atoms with Gasteiger partial charge in [-0.2, -0.15) is 0 Å². The molecule has 1 heterocycles. The monoisotopic (exact) mass is 715 g/mol. The zero-order valence-electron chi connectivity index (χ0n) is 42.3. The van der Waals surface area contributed by atoms with Crippen LogP contribution >= 0.6 is 0 Å². The number of aromatic nitrogens is 2. The zero-order chi connectivity index (χ0) is 48.0. The second-order valence-corrected chi connectivity index (χ2v) is 13.3. The number of imidazole rings is 1. The minimum atomic E-state index is -2.99. The molecule has 0 saturated heterocycles. The largest absolute Gasteiger partial charge is 0.296 e. The van der Waals surface area contributed by atoms with E-state index in [1.54, 1.807) is 48.5 Å². The van der Waals surface area contributed by atoms with Crippen LogP contribution in [0.3, 0.4) is 0 Å². The summed E-state index contributed by atoms with van der Waals surface area (Å²) >= 11 is 0. The van der Waals surface area contributed by atoms with Crippen molar-refractivity contribution in [2.45, 2.75) is 13.2 Å². The van der Waals surface area contributed by atoms with Crippen molar-refractivity contribution in [2.24, 2.45) is 0 Å². The molecule has 2 heteroatoms. The van der Waals surface area contributed by atoms with Gasteiger partial charge in [-0.1, -0.05) is 164 Å². The van der Waals surface area contributed by atoms with Crippen molar-refractivity contribution in [3.63, 3.8) is 0 Å². The van der Waals surface area contributed by atoms with E-state index in [0.29, 0.717) is 27.8 Å². The summed E-state index contributed by atoms with van der Waals surface area (Å²) in [5, 5.41) is 0.433.